The lowest BCUT2D eigenvalue weighted by atomic mass is 10.2. The molecule has 1 amide bonds. The molecule has 126 valence electrons. The number of benzene rings is 2. The van der Waals surface area contributed by atoms with Gasteiger partial charge in [0.25, 0.3) is 0 Å². The second-order valence-corrected chi connectivity index (χ2v) is 6.07. The van der Waals surface area contributed by atoms with Crippen LogP contribution in [0.1, 0.15) is 18.4 Å². The highest BCUT2D eigenvalue weighted by Crippen LogP contribution is 2.27. The summed E-state index contributed by atoms with van der Waals surface area (Å²) in [7, 11) is 0. The SMILES string of the molecule is O=C(CNCC1CC1)Nc1cccc(COc2cccc(F)c2)c1. The molecule has 5 heteroatoms. The van der Waals surface area contributed by atoms with Crippen LogP contribution in [0.5, 0.6) is 5.75 Å². The summed E-state index contributed by atoms with van der Waals surface area (Å²) < 4.78 is 18.7. The Kier molecular flexibility index (Phi) is 5.43. The van der Waals surface area contributed by atoms with Crippen molar-refractivity contribution in [3.8, 4) is 5.75 Å². The molecule has 2 aromatic carbocycles. The van der Waals surface area contributed by atoms with Gasteiger partial charge in [-0.15, -0.1) is 0 Å². The lowest BCUT2D eigenvalue weighted by Crippen LogP contribution is -2.29. The number of carbonyl (C=O) groups is 1. The van der Waals surface area contributed by atoms with Gasteiger partial charge in [0.15, 0.2) is 0 Å². The monoisotopic (exact) mass is 328 g/mol. The molecule has 0 unspecified atom stereocenters. The van der Waals surface area contributed by atoms with Crippen molar-refractivity contribution in [2.75, 3.05) is 18.4 Å². The molecule has 1 saturated carbocycles. The van der Waals surface area contributed by atoms with E-state index in [0.29, 0.717) is 18.9 Å². The molecule has 4 nitrogen and oxygen atoms in total. The number of hydrogen-bond donors (Lipinski definition) is 2. The Bertz CT molecular complexity index is 701. The topological polar surface area (TPSA) is 50.4 Å². The summed E-state index contributed by atoms with van der Waals surface area (Å²) in [6.07, 6.45) is 2.53. The zero-order valence-electron chi connectivity index (χ0n) is 13.4. The number of amides is 1. The number of carbonyl (C=O) groups excluding carboxylic acids is 1. The van der Waals surface area contributed by atoms with Gasteiger partial charge in [0.2, 0.25) is 5.91 Å². The fraction of sp³-hybridized carbons (Fsp3) is 0.316. The molecule has 0 spiro atoms. The molecular formula is C19H21FN2O2. The third-order valence-corrected chi connectivity index (χ3v) is 3.83. The molecule has 1 aliphatic rings. The summed E-state index contributed by atoms with van der Waals surface area (Å²) in [4.78, 5) is 11.9. The van der Waals surface area contributed by atoms with Gasteiger partial charge in [-0.25, -0.2) is 4.39 Å². The van der Waals surface area contributed by atoms with E-state index in [2.05, 4.69) is 10.6 Å². The first-order valence-electron chi connectivity index (χ1n) is 8.17. The zero-order chi connectivity index (χ0) is 16.8. The van der Waals surface area contributed by atoms with Gasteiger partial charge < -0.3 is 15.4 Å². The summed E-state index contributed by atoms with van der Waals surface area (Å²) in [6, 6.07) is 13.5. The quantitative estimate of drug-likeness (QED) is 0.781. The van der Waals surface area contributed by atoms with Gasteiger partial charge in [-0.2, -0.15) is 0 Å². The van der Waals surface area contributed by atoms with Crippen LogP contribution in [0.3, 0.4) is 0 Å². The second-order valence-electron chi connectivity index (χ2n) is 6.07. The lowest BCUT2D eigenvalue weighted by molar-refractivity contribution is -0.115. The maximum absolute atomic E-state index is 13.1. The highest BCUT2D eigenvalue weighted by molar-refractivity contribution is 5.92. The summed E-state index contributed by atoms with van der Waals surface area (Å²) in [5.41, 5.74) is 1.64. The van der Waals surface area contributed by atoms with Crippen molar-refractivity contribution in [2.45, 2.75) is 19.4 Å². The average Bonchev–Trinajstić information content (AvgIpc) is 3.38. The Morgan fingerprint density at radius 1 is 1.17 bits per heavy atom. The van der Waals surface area contributed by atoms with Gasteiger partial charge in [-0.05, 0) is 55.1 Å². The molecule has 24 heavy (non-hydrogen) atoms. The molecule has 0 aromatic heterocycles. The molecule has 1 fully saturated rings. The summed E-state index contributed by atoms with van der Waals surface area (Å²) >= 11 is 0. The van der Waals surface area contributed by atoms with Crippen LogP contribution in [0.2, 0.25) is 0 Å². The predicted molar refractivity (Wildman–Crippen MR) is 91.4 cm³/mol. The third-order valence-electron chi connectivity index (χ3n) is 3.83. The minimum atomic E-state index is -0.327. The fourth-order valence-corrected chi connectivity index (χ4v) is 2.38. The third kappa shape index (κ3) is 5.35. The van der Waals surface area contributed by atoms with Crippen LogP contribution in [0.15, 0.2) is 48.5 Å². The van der Waals surface area contributed by atoms with Gasteiger partial charge in [0.1, 0.15) is 18.2 Å². The van der Waals surface area contributed by atoms with E-state index < -0.39 is 0 Å². The maximum atomic E-state index is 13.1. The van der Waals surface area contributed by atoms with Crippen LogP contribution in [-0.4, -0.2) is 19.0 Å². The lowest BCUT2D eigenvalue weighted by Gasteiger charge is -2.09. The van der Waals surface area contributed by atoms with Crippen molar-refractivity contribution in [1.82, 2.24) is 5.32 Å². The number of nitrogens with one attached hydrogen (secondary N) is 2. The van der Waals surface area contributed by atoms with Gasteiger partial charge >= 0.3 is 0 Å². The van der Waals surface area contributed by atoms with Crippen LogP contribution in [0, 0.1) is 11.7 Å². The first-order valence-corrected chi connectivity index (χ1v) is 8.17. The minimum absolute atomic E-state index is 0.0566. The Hall–Kier alpha value is -2.40. The number of hydrogen-bond acceptors (Lipinski definition) is 3. The first kappa shape index (κ1) is 16.5. The number of anilines is 1. The highest BCUT2D eigenvalue weighted by Gasteiger charge is 2.20. The van der Waals surface area contributed by atoms with E-state index in [1.807, 2.05) is 24.3 Å². The largest absolute Gasteiger partial charge is 0.489 e. The minimum Gasteiger partial charge on any atom is -0.489 e. The van der Waals surface area contributed by atoms with Crippen molar-refractivity contribution in [1.29, 1.82) is 0 Å². The number of rotatable bonds is 8. The summed E-state index contributed by atoms with van der Waals surface area (Å²) in [5, 5.41) is 6.03. The molecular weight excluding hydrogens is 307 g/mol. The molecule has 0 atom stereocenters. The molecule has 0 saturated heterocycles. The Morgan fingerprint density at radius 2 is 2.00 bits per heavy atom. The van der Waals surface area contributed by atoms with Gasteiger partial charge in [-0.1, -0.05) is 18.2 Å². The zero-order valence-corrected chi connectivity index (χ0v) is 13.4. The van der Waals surface area contributed by atoms with Gasteiger partial charge in [0.05, 0.1) is 6.54 Å². The Morgan fingerprint density at radius 3 is 2.79 bits per heavy atom. The van der Waals surface area contributed by atoms with Crippen molar-refractivity contribution in [3.05, 3.63) is 59.9 Å². The molecule has 1 aliphatic carbocycles. The number of halogens is 1. The molecule has 3 rings (SSSR count). The molecule has 2 aromatic rings. The smallest absolute Gasteiger partial charge is 0.238 e. The number of ether oxygens (including phenoxy) is 1. The van der Waals surface area contributed by atoms with Crippen LogP contribution < -0.4 is 15.4 Å². The van der Waals surface area contributed by atoms with Gasteiger partial charge in [-0.3, -0.25) is 4.79 Å². The van der Waals surface area contributed by atoms with E-state index in [4.69, 9.17) is 4.74 Å². The van der Waals surface area contributed by atoms with E-state index in [1.165, 1.54) is 25.0 Å². The van der Waals surface area contributed by atoms with Crippen LogP contribution >= 0.6 is 0 Å². The van der Waals surface area contributed by atoms with E-state index >= 15 is 0 Å². The van der Waals surface area contributed by atoms with Crippen LogP contribution in [0.25, 0.3) is 0 Å². The fourth-order valence-electron chi connectivity index (χ4n) is 2.38. The molecule has 0 heterocycles. The molecule has 0 bridgehead atoms. The van der Waals surface area contributed by atoms with E-state index in [9.17, 15) is 9.18 Å². The predicted octanol–water partition coefficient (Wildman–Crippen LogP) is 3.34. The summed E-state index contributed by atoms with van der Waals surface area (Å²) in [5.74, 6) is 0.848. The van der Waals surface area contributed by atoms with Crippen LogP contribution in [-0.2, 0) is 11.4 Å². The average molecular weight is 328 g/mol. The van der Waals surface area contributed by atoms with Crippen molar-refractivity contribution >= 4 is 11.6 Å². The van der Waals surface area contributed by atoms with E-state index in [-0.39, 0.29) is 11.7 Å². The standard InChI is InChI=1S/C19H21FN2O2/c20-16-4-2-6-18(10-16)24-13-15-3-1-5-17(9-15)22-19(23)12-21-11-14-7-8-14/h1-6,9-10,14,21H,7-8,11-13H2,(H,22,23). The van der Waals surface area contributed by atoms with Crippen LogP contribution in [0.4, 0.5) is 10.1 Å². The van der Waals surface area contributed by atoms with E-state index in [1.54, 1.807) is 12.1 Å². The van der Waals surface area contributed by atoms with Crippen molar-refractivity contribution in [2.24, 2.45) is 5.92 Å². The Balaban J connectivity index is 1.48. The van der Waals surface area contributed by atoms with Crippen molar-refractivity contribution in [3.63, 3.8) is 0 Å². The first-order chi connectivity index (χ1) is 11.7. The Labute approximate surface area is 141 Å². The normalized spacial score (nSPS) is 13.5. The molecule has 0 aliphatic heterocycles. The summed E-state index contributed by atoms with van der Waals surface area (Å²) in [6.45, 7) is 1.54. The van der Waals surface area contributed by atoms with Crippen molar-refractivity contribution < 1.29 is 13.9 Å². The molecule has 0 radical (unpaired) electrons. The van der Waals surface area contributed by atoms with Gasteiger partial charge in [0, 0.05) is 11.8 Å². The second kappa shape index (κ2) is 7.93. The van der Waals surface area contributed by atoms with E-state index in [0.717, 1.165) is 23.7 Å². The maximum Gasteiger partial charge on any atom is 0.238 e. The highest BCUT2D eigenvalue weighted by atomic mass is 19.1. The molecule has 2 N–H and O–H groups in total.